The van der Waals surface area contributed by atoms with Crippen LogP contribution in [-0.2, 0) is 5.41 Å². The SMILES string of the molecule is Cc1ccc(OCCOc2ccc(Br)cc2C#N)c(C(C)(C)C)c1. The van der Waals surface area contributed by atoms with E-state index in [1.807, 2.05) is 18.2 Å². The molecule has 0 heterocycles. The molecule has 2 aromatic rings. The molecule has 0 radical (unpaired) electrons. The van der Waals surface area contributed by atoms with Crippen molar-refractivity contribution in [2.45, 2.75) is 33.1 Å². The van der Waals surface area contributed by atoms with Gasteiger partial charge in [-0.3, -0.25) is 0 Å². The highest BCUT2D eigenvalue weighted by Crippen LogP contribution is 2.32. The molecule has 2 rings (SSSR count). The van der Waals surface area contributed by atoms with Crippen LogP contribution >= 0.6 is 15.9 Å². The average molecular weight is 388 g/mol. The van der Waals surface area contributed by atoms with Gasteiger partial charge in [0.15, 0.2) is 0 Å². The van der Waals surface area contributed by atoms with Crippen LogP contribution < -0.4 is 9.47 Å². The number of ether oxygens (including phenoxy) is 2. The van der Waals surface area contributed by atoms with Crippen LogP contribution in [0.3, 0.4) is 0 Å². The minimum absolute atomic E-state index is 0.0158. The second-order valence-electron chi connectivity index (χ2n) is 6.70. The van der Waals surface area contributed by atoms with E-state index >= 15 is 0 Å². The Balaban J connectivity index is 2.00. The quantitative estimate of drug-likeness (QED) is 0.646. The highest BCUT2D eigenvalue weighted by molar-refractivity contribution is 9.10. The second-order valence-corrected chi connectivity index (χ2v) is 7.61. The van der Waals surface area contributed by atoms with Crippen LogP contribution in [0.15, 0.2) is 40.9 Å². The van der Waals surface area contributed by atoms with Gasteiger partial charge in [0.2, 0.25) is 0 Å². The Labute approximate surface area is 152 Å². The molecule has 126 valence electrons. The number of halogens is 1. The van der Waals surface area contributed by atoms with Gasteiger partial charge in [-0.1, -0.05) is 54.4 Å². The van der Waals surface area contributed by atoms with Crippen molar-refractivity contribution in [2.24, 2.45) is 0 Å². The fraction of sp³-hybridized carbons (Fsp3) is 0.350. The summed E-state index contributed by atoms with van der Waals surface area (Å²) in [4.78, 5) is 0. The number of rotatable bonds is 5. The van der Waals surface area contributed by atoms with Gasteiger partial charge < -0.3 is 9.47 Å². The van der Waals surface area contributed by atoms with Gasteiger partial charge in [-0.15, -0.1) is 0 Å². The van der Waals surface area contributed by atoms with Crippen LogP contribution in [0, 0.1) is 18.3 Å². The molecule has 4 heteroatoms. The number of aryl methyl sites for hydroxylation is 1. The van der Waals surface area contributed by atoms with Crippen molar-refractivity contribution in [1.82, 2.24) is 0 Å². The molecule has 0 aliphatic heterocycles. The summed E-state index contributed by atoms with van der Waals surface area (Å²) in [6, 6.07) is 13.7. The normalized spacial score (nSPS) is 11.0. The predicted octanol–water partition coefficient (Wildman–Crippen LogP) is 5.38. The van der Waals surface area contributed by atoms with E-state index in [4.69, 9.17) is 14.7 Å². The summed E-state index contributed by atoms with van der Waals surface area (Å²) in [6.07, 6.45) is 0. The van der Waals surface area contributed by atoms with E-state index in [1.54, 1.807) is 12.1 Å². The summed E-state index contributed by atoms with van der Waals surface area (Å²) >= 11 is 3.35. The van der Waals surface area contributed by atoms with E-state index in [9.17, 15) is 0 Å². The zero-order valence-electron chi connectivity index (χ0n) is 14.5. The molecular formula is C20H22BrNO2. The first kappa shape index (κ1) is 18.4. The molecular weight excluding hydrogens is 366 g/mol. The second kappa shape index (κ2) is 7.72. The Hall–Kier alpha value is -1.99. The molecule has 0 N–H and O–H groups in total. The van der Waals surface area contributed by atoms with Gasteiger partial charge in [0.1, 0.15) is 30.8 Å². The van der Waals surface area contributed by atoms with Gasteiger partial charge in [0.05, 0.1) is 5.56 Å². The number of hydrogen-bond acceptors (Lipinski definition) is 3. The van der Waals surface area contributed by atoms with Crippen molar-refractivity contribution in [3.63, 3.8) is 0 Å². The smallest absolute Gasteiger partial charge is 0.137 e. The average Bonchev–Trinajstić information content (AvgIpc) is 2.52. The van der Waals surface area contributed by atoms with E-state index < -0.39 is 0 Å². The van der Waals surface area contributed by atoms with Gasteiger partial charge >= 0.3 is 0 Å². The molecule has 0 spiro atoms. The number of benzene rings is 2. The summed E-state index contributed by atoms with van der Waals surface area (Å²) in [5, 5.41) is 9.15. The Morgan fingerprint density at radius 3 is 2.25 bits per heavy atom. The summed E-state index contributed by atoms with van der Waals surface area (Å²) in [5.41, 5.74) is 2.93. The first-order chi connectivity index (χ1) is 11.3. The standard InChI is InChI=1S/C20H22BrNO2/c1-14-5-7-19(17(11-14)20(2,3)4)24-10-9-23-18-8-6-16(21)12-15(18)13-22/h5-8,11-12H,9-10H2,1-4H3. The van der Waals surface area contributed by atoms with Crippen LogP contribution in [0.2, 0.25) is 0 Å². The highest BCUT2D eigenvalue weighted by atomic mass is 79.9. The number of nitrogens with zero attached hydrogens (tertiary/aromatic N) is 1. The van der Waals surface area contributed by atoms with Crippen molar-refractivity contribution in [1.29, 1.82) is 5.26 Å². The third kappa shape index (κ3) is 4.75. The van der Waals surface area contributed by atoms with Gasteiger partial charge in [0, 0.05) is 4.47 Å². The lowest BCUT2D eigenvalue weighted by molar-refractivity contribution is 0.214. The van der Waals surface area contributed by atoms with E-state index in [2.05, 4.69) is 55.8 Å². The molecule has 0 aliphatic carbocycles. The van der Waals surface area contributed by atoms with Crippen LogP contribution in [-0.4, -0.2) is 13.2 Å². The van der Waals surface area contributed by atoms with Crippen molar-refractivity contribution in [3.05, 3.63) is 57.6 Å². The van der Waals surface area contributed by atoms with E-state index in [1.165, 1.54) is 11.1 Å². The van der Waals surface area contributed by atoms with Crippen LogP contribution in [0.25, 0.3) is 0 Å². The Bertz CT molecular complexity index is 757. The summed E-state index contributed by atoms with van der Waals surface area (Å²) in [5.74, 6) is 1.46. The Morgan fingerprint density at radius 2 is 1.62 bits per heavy atom. The van der Waals surface area contributed by atoms with Gasteiger partial charge in [-0.05, 0) is 42.2 Å². The predicted molar refractivity (Wildman–Crippen MR) is 99.7 cm³/mol. The van der Waals surface area contributed by atoms with Crippen molar-refractivity contribution in [3.8, 4) is 17.6 Å². The minimum atomic E-state index is 0.0158. The van der Waals surface area contributed by atoms with Crippen LogP contribution in [0.5, 0.6) is 11.5 Å². The van der Waals surface area contributed by atoms with E-state index in [-0.39, 0.29) is 5.41 Å². The molecule has 0 amide bonds. The molecule has 24 heavy (non-hydrogen) atoms. The monoisotopic (exact) mass is 387 g/mol. The number of nitriles is 1. The Morgan fingerprint density at radius 1 is 1.00 bits per heavy atom. The molecule has 0 aromatic heterocycles. The zero-order chi connectivity index (χ0) is 17.7. The number of hydrogen-bond donors (Lipinski definition) is 0. The lowest BCUT2D eigenvalue weighted by atomic mass is 9.85. The van der Waals surface area contributed by atoms with E-state index in [0.29, 0.717) is 24.5 Å². The third-order valence-corrected chi connectivity index (χ3v) is 4.10. The first-order valence-corrected chi connectivity index (χ1v) is 8.67. The molecule has 0 aliphatic rings. The maximum atomic E-state index is 9.15. The summed E-state index contributed by atoms with van der Waals surface area (Å²) < 4.78 is 12.5. The molecule has 2 aromatic carbocycles. The first-order valence-electron chi connectivity index (χ1n) is 7.87. The highest BCUT2D eigenvalue weighted by Gasteiger charge is 2.19. The molecule has 0 unspecified atom stereocenters. The Kier molecular flexibility index (Phi) is 5.90. The maximum absolute atomic E-state index is 9.15. The molecule has 0 fully saturated rings. The van der Waals surface area contributed by atoms with Crippen molar-refractivity contribution < 1.29 is 9.47 Å². The lowest BCUT2D eigenvalue weighted by Crippen LogP contribution is -2.16. The van der Waals surface area contributed by atoms with Crippen LogP contribution in [0.1, 0.15) is 37.5 Å². The van der Waals surface area contributed by atoms with Gasteiger partial charge in [0.25, 0.3) is 0 Å². The van der Waals surface area contributed by atoms with Crippen LogP contribution in [0.4, 0.5) is 0 Å². The zero-order valence-corrected chi connectivity index (χ0v) is 16.1. The molecule has 0 saturated heterocycles. The largest absolute Gasteiger partial charge is 0.490 e. The fourth-order valence-corrected chi connectivity index (χ4v) is 2.74. The maximum Gasteiger partial charge on any atom is 0.137 e. The third-order valence-electron chi connectivity index (χ3n) is 3.60. The van der Waals surface area contributed by atoms with Crippen molar-refractivity contribution in [2.75, 3.05) is 13.2 Å². The van der Waals surface area contributed by atoms with E-state index in [0.717, 1.165) is 10.2 Å². The topological polar surface area (TPSA) is 42.2 Å². The molecule has 0 bridgehead atoms. The molecule has 0 saturated carbocycles. The molecule has 3 nitrogen and oxygen atoms in total. The van der Waals surface area contributed by atoms with Gasteiger partial charge in [-0.2, -0.15) is 5.26 Å². The summed E-state index contributed by atoms with van der Waals surface area (Å²) in [6.45, 7) is 9.41. The van der Waals surface area contributed by atoms with Gasteiger partial charge in [-0.25, -0.2) is 0 Å². The lowest BCUT2D eigenvalue weighted by Gasteiger charge is -2.23. The fourth-order valence-electron chi connectivity index (χ4n) is 2.37. The van der Waals surface area contributed by atoms with Crippen molar-refractivity contribution >= 4 is 15.9 Å². The molecule has 0 atom stereocenters. The minimum Gasteiger partial charge on any atom is -0.490 e. The summed E-state index contributed by atoms with van der Waals surface area (Å²) in [7, 11) is 0.